The van der Waals surface area contributed by atoms with Crippen LogP contribution in [0.1, 0.15) is 59.8 Å². The number of fused-ring (bicyclic) bond motifs is 3. The van der Waals surface area contributed by atoms with Crippen molar-refractivity contribution in [2.45, 2.75) is 77.3 Å². The van der Waals surface area contributed by atoms with Gasteiger partial charge in [-0.25, -0.2) is 4.79 Å². The molecule has 2 radical (unpaired) electrons. The molecular formula is C24H40BNO4. The Morgan fingerprint density at radius 1 is 1.27 bits per heavy atom. The average Bonchev–Trinajstić information content (AvgIpc) is 2.64. The number of hydrogen-bond acceptors (Lipinski definition) is 5. The van der Waals surface area contributed by atoms with Crippen LogP contribution in [-0.4, -0.2) is 68.4 Å². The number of ether oxygens (including phenoxy) is 1. The number of allylic oxidation sites excluding steroid dienone is 1. The van der Waals surface area contributed by atoms with Crippen LogP contribution in [0.2, 0.25) is 5.31 Å². The molecule has 0 amide bonds. The molecule has 5 nitrogen and oxygen atoms in total. The van der Waals surface area contributed by atoms with Gasteiger partial charge in [0.15, 0.2) is 0 Å². The molecule has 0 aromatic carbocycles. The Kier molecular flexibility index (Phi) is 6.55. The lowest BCUT2D eigenvalue weighted by atomic mass is 9.31. The minimum absolute atomic E-state index is 0.0212. The van der Waals surface area contributed by atoms with Crippen molar-refractivity contribution >= 4 is 13.8 Å². The van der Waals surface area contributed by atoms with Gasteiger partial charge in [0.1, 0.15) is 6.61 Å². The molecule has 0 bridgehead atoms. The second-order valence-corrected chi connectivity index (χ2v) is 11.2. The third-order valence-electron chi connectivity index (χ3n) is 9.05. The van der Waals surface area contributed by atoms with E-state index in [1.54, 1.807) is 6.08 Å². The molecule has 2 N–H and O–H groups in total. The number of hydrogen-bond donors (Lipinski definition) is 2. The summed E-state index contributed by atoms with van der Waals surface area (Å²) >= 11 is 0. The van der Waals surface area contributed by atoms with Gasteiger partial charge in [0, 0.05) is 12.6 Å². The summed E-state index contributed by atoms with van der Waals surface area (Å²) in [4.78, 5) is 14.3. The normalized spacial score (nSPS) is 44.4. The van der Waals surface area contributed by atoms with E-state index in [4.69, 9.17) is 12.6 Å². The Bertz CT molecular complexity index is 693. The SMILES string of the molecule is [B][C@]12CC/C(=C\C(=O)OCCN(C)C)[C@H](C)[C@@H]1[C@@H](O)C[C@H]1C(C)(C)[C@@H](O)CC[C@@]12C. The first-order valence-electron chi connectivity index (χ1n) is 11.5. The van der Waals surface area contributed by atoms with Crippen molar-refractivity contribution in [1.82, 2.24) is 4.90 Å². The van der Waals surface area contributed by atoms with Crippen molar-refractivity contribution in [1.29, 1.82) is 0 Å². The highest BCUT2D eigenvalue weighted by Crippen LogP contribution is 2.73. The molecule has 0 aromatic rings. The molecule has 0 aromatic heterocycles. The van der Waals surface area contributed by atoms with Crippen LogP contribution in [0, 0.1) is 28.6 Å². The molecule has 3 rings (SSSR count). The fourth-order valence-corrected chi connectivity index (χ4v) is 7.04. The summed E-state index contributed by atoms with van der Waals surface area (Å²) in [6.45, 7) is 9.68. The zero-order valence-electron chi connectivity index (χ0n) is 19.6. The molecule has 7 atom stereocenters. The van der Waals surface area contributed by atoms with E-state index in [9.17, 15) is 15.0 Å². The quantitative estimate of drug-likeness (QED) is 0.418. The lowest BCUT2D eigenvalue weighted by Gasteiger charge is -2.69. The average molecular weight is 417 g/mol. The Morgan fingerprint density at radius 3 is 2.57 bits per heavy atom. The van der Waals surface area contributed by atoms with Gasteiger partial charge in [-0.15, -0.1) is 0 Å². The lowest BCUT2D eigenvalue weighted by molar-refractivity contribution is -0.183. The maximum Gasteiger partial charge on any atom is 0.330 e. The Morgan fingerprint density at radius 2 is 1.93 bits per heavy atom. The molecule has 6 heteroatoms. The Hall–Kier alpha value is -0.845. The first-order valence-corrected chi connectivity index (χ1v) is 11.5. The zero-order chi connectivity index (χ0) is 22.5. The van der Waals surface area contributed by atoms with Gasteiger partial charge in [-0.3, -0.25) is 0 Å². The van der Waals surface area contributed by atoms with Gasteiger partial charge in [0.05, 0.1) is 20.1 Å². The maximum absolute atomic E-state index is 12.3. The molecule has 0 aliphatic heterocycles. The number of carbonyl (C=O) groups is 1. The van der Waals surface area contributed by atoms with E-state index in [2.05, 4.69) is 27.7 Å². The predicted molar refractivity (Wildman–Crippen MR) is 119 cm³/mol. The van der Waals surface area contributed by atoms with Crippen LogP contribution in [0.5, 0.6) is 0 Å². The zero-order valence-corrected chi connectivity index (χ0v) is 19.6. The van der Waals surface area contributed by atoms with Gasteiger partial charge >= 0.3 is 5.97 Å². The molecule has 0 saturated heterocycles. The van der Waals surface area contributed by atoms with E-state index in [-0.39, 0.29) is 40.7 Å². The van der Waals surface area contributed by atoms with Gasteiger partial charge in [0.2, 0.25) is 0 Å². The highest BCUT2D eigenvalue weighted by molar-refractivity contribution is 6.16. The summed E-state index contributed by atoms with van der Waals surface area (Å²) in [6, 6.07) is 0. The van der Waals surface area contributed by atoms with Crippen LogP contribution < -0.4 is 0 Å². The molecule has 30 heavy (non-hydrogen) atoms. The number of aliphatic hydroxyl groups excluding tert-OH is 2. The number of esters is 1. The van der Waals surface area contributed by atoms with Crippen LogP contribution in [0.4, 0.5) is 0 Å². The van der Waals surface area contributed by atoms with Crippen LogP contribution in [-0.2, 0) is 9.53 Å². The summed E-state index contributed by atoms with van der Waals surface area (Å²) in [5, 5.41) is 21.4. The van der Waals surface area contributed by atoms with Crippen LogP contribution in [0.15, 0.2) is 11.6 Å². The fraction of sp³-hybridized carbons (Fsp3) is 0.875. The standard InChI is InChI=1S/C24H40BNO4/c1-15-16(13-20(29)30-12-11-26(5)6)7-10-24(25)21(15)17(27)14-18-22(2,3)19(28)8-9-23(18,24)4/h13,15,17-19,21,27-28H,7-12,14H2,1-6H3/b16-13+/t15-,17-,18-,19-,21+,23-,24+/m0/s1. The first kappa shape index (κ1) is 23.8. The molecule has 3 aliphatic rings. The molecule has 3 fully saturated rings. The molecule has 0 heterocycles. The number of likely N-dealkylation sites (N-methyl/N-ethyl adjacent to an activating group) is 1. The Labute approximate surface area is 183 Å². The third-order valence-corrected chi connectivity index (χ3v) is 9.05. The van der Waals surface area contributed by atoms with E-state index in [0.29, 0.717) is 19.6 Å². The topological polar surface area (TPSA) is 70.0 Å². The highest BCUT2D eigenvalue weighted by atomic mass is 16.5. The smallest absolute Gasteiger partial charge is 0.330 e. The summed E-state index contributed by atoms with van der Waals surface area (Å²) in [7, 11) is 11.1. The number of nitrogens with zero attached hydrogens (tertiary/aromatic N) is 1. The minimum atomic E-state index is -0.541. The number of carbonyl (C=O) groups excluding carboxylic acids is 1. The van der Waals surface area contributed by atoms with Gasteiger partial charge < -0.3 is 19.8 Å². The third kappa shape index (κ3) is 3.77. The summed E-state index contributed by atoms with van der Waals surface area (Å²) in [6.07, 6.45) is 4.49. The van der Waals surface area contributed by atoms with Crippen molar-refractivity contribution in [3.63, 3.8) is 0 Å². The van der Waals surface area contributed by atoms with Crippen molar-refractivity contribution in [2.24, 2.45) is 28.6 Å². The predicted octanol–water partition coefficient (Wildman–Crippen LogP) is 2.96. The summed E-state index contributed by atoms with van der Waals surface area (Å²) < 4.78 is 5.36. The monoisotopic (exact) mass is 417 g/mol. The van der Waals surface area contributed by atoms with E-state index < -0.39 is 11.4 Å². The largest absolute Gasteiger partial charge is 0.461 e. The van der Waals surface area contributed by atoms with Crippen LogP contribution >= 0.6 is 0 Å². The number of aliphatic hydroxyl groups is 2. The van der Waals surface area contributed by atoms with E-state index in [1.165, 1.54) is 0 Å². The van der Waals surface area contributed by atoms with Gasteiger partial charge in [0.25, 0.3) is 0 Å². The van der Waals surface area contributed by atoms with Crippen molar-refractivity contribution < 1.29 is 19.7 Å². The van der Waals surface area contributed by atoms with Crippen LogP contribution in [0.3, 0.4) is 0 Å². The maximum atomic E-state index is 12.3. The summed E-state index contributed by atoms with van der Waals surface area (Å²) in [5.74, 6) is -0.217. The minimum Gasteiger partial charge on any atom is -0.461 e. The van der Waals surface area contributed by atoms with E-state index in [1.807, 2.05) is 19.0 Å². The molecule has 0 unspecified atom stereocenters. The van der Waals surface area contributed by atoms with Crippen molar-refractivity contribution in [3.05, 3.63) is 11.6 Å². The molecule has 3 saturated carbocycles. The van der Waals surface area contributed by atoms with Crippen molar-refractivity contribution in [2.75, 3.05) is 27.2 Å². The van der Waals surface area contributed by atoms with Gasteiger partial charge in [-0.1, -0.05) is 45.0 Å². The molecule has 168 valence electrons. The van der Waals surface area contributed by atoms with Gasteiger partial charge in [-0.05, 0) is 68.4 Å². The van der Waals surface area contributed by atoms with Gasteiger partial charge in [-0.2, -0.15) is 0 Å². The lowest BCUT2D eigenvalue weighted by Crippen LogP contribution is -2.63. The fourth-order valence-electron chi connectivity index (χ4n) is 7.04. The highest BCUT2D eigenvalue weighted by Gasteiger charge is 2.65. The molecule has 3 aliphatic carbocycles. The number of rotatable bonds is 4. The summed E-state index contributed by atoms with van der Waals surface area (Å²) in [5.41, 5.74) is 0.610. The first-order chi connectivity index (χ1) is 13.8. The van der Waals surface area contributed by atoms with Crippen LogP contribution in [0.25, 0.3) is 0 Å². The molecular weight excluding hydrogens is 377 g/mol. The van der Waals surface area contributed by atoms with E-state index >= 15 is 0 Å². The molecule has 0 spiro atoms. The van der Waals surface area contributed by atoms with Crippen molar-refractivity contribution in [3.8, 4) is 0 Å². The second-order valence-electron chi connectivity index (χ2n) is 11.2. The van der Waals surface area contributed by atoms with E-state index in [0.717, 1.165) is 31.3 Å². The second kappa shape index (κ2) is 8.25. The Balaban J connectivity index is 1.84.